The van der Waals surface area contributed by atoms with Crippen LogP contribution >= 0.6 is 15.9 Å². The molecule has 3 unspecified atom stereocenters. The third-order valence-electron chi connectivity index (χ3n) is 5.31. The molecule has 168 valence electrons. The number of aromatic amines is 1. The monoisotopic (exact) mass is 500 g/mol. The molecule has 2 heterocycles. The highest BCUT2D eigenvalue weighted by atomic mass is 79.9. The zero-order chi connectivity index (χ0) is 22.5. The standard InChI is InChI=1S/C20H23BrF2N4O4/c1-11(15(10-28)26-20(29)30)9-27-6-2-3-16(27)18-24-8-14(25-18)12-4-5-13(21)17(7-12)31-19(22)23/h4-5,7-8,10-11,15-16,19,26H,2-3,6,9H2,1H3,(H,24,25)(H,29,30). The van der Waals surface area contributed by atoms with Crippen LogP contribution in [-0.2, 0) is 4.79 Å². The summed E-state index contributed by atoms with van der Waals surface area (Å²) in [5.74, 6) is 0.544. The Morgan fingerprint density at radius 2 is 2.29 bits per heavy atom. The number of aromatic nitrogens is 2. The van der Waals surface area contributed by atoms with E-state index >= 15 is 0 Å². The van der Waals surface area contributed by atoms with Crippen molar-refractivity contribution in [3.8, 4) is 17.0 Å². The summed E-state index contributed by atoms with van der Waals surface area (Å²) < 4.78 is 30.2. The average molecular weight is 501 g/mol. The molecular formula is C20H23BrF2N4O4. The Bertz CT molecular complexity index is 926. The number of benzene rings is 1. The van der Waals surface area contributed by atoms with E-state index in [0.29, 0.717) is 28.6 Å². The maximum absolute atomic E-state index is 12.6. The van der Waals surface area contributed by atoms with Gasteiger partial charge >= 0.3 is 12.7 Å². The zero-order valence-corrected chi connectivity index (χ0v) is 18.3. The van der Waals surface area contributed by atoms with Crippen LogP contribution in [0.4, 0.5) is 13.6 Å². The summed E-state index contributed by atoms with van der Waals surface area (Å²) in [5.41, 5.74) is 1.32. The number of aldehydes is 1. The van der Waals surface area contributed by atoms with Crippen molar-refractivity contribution in [3.63, 3.8) is 0 Å². The molecule has 0 spiro atoms. The minimum atomic E-state index is -2.93. The van der Waals surface area contributed by atoms with E-state index < -0.39 is 18.7 Å². The predicted octanol–water partition coefficient (Wildman–Crippen LogP) is 4.05. The number of nitrogens with one attached hydrogen (secondary N) is 2. The maximum atomic E-state index is 12.6. The first kappa shape index (κ1) is 23.1. The molecule has 0 bridgehead atoms. The lowest BCUT2D eigenvalue weighted by atomic mass is 10.0. The van der Waals surface area contributed by atoms with Crippen molar-refractivity contribution in [2.45, 2.75) is 38.5 Å². The number of H-pyrrole nitrogens is 1. The minimum Gasteiger partial charge on any atom is -0.465 e. The Kier molecular flexibility index (Phi) is 7.60. The van der Waals surface area contributed by atoms with Crippen LogP contribution in [-0.4, -0.2) is 58.1 Å². The Hall–Kier alpha value is -2.53. The first-order chi connectivity index (χ1) is 14.8. The molecule has 3 N–H and O–H groups in total. The van der Waals surface area contributed by atoms with Gasteiger partial charge in [-0.15, -0.1) is 0 Å². The number of carbonyl (C=O) groups is 2. The normalized spacial score (nSPS) is 18.7. The molecule has 2 aromatic rings. The average Bonchev–Trinajstić information content (AvgIpc) is 3.36. The number of nitrogens with zero attached hydrogens (tertiary/aromatic N) is 2. The number of carboxylic acid groups (broad SMARTS) is 1. The van der Waals surface area contributed by atoms with Gasteiger partial charge in [-0.1, -0.05) is 13.0 Å². The van der Waals surface area contributed by atoms with E-state index in [2.05, 4.69) is 40.9 Å². The van der Waals surface area contributed by atoms with Gasteiger partial charge in [0, 0.05) is 12.1 Å². The van der Waals surface area contributed by atoms with Crippen LogP contribution < -0.4 is 10.1 Å². The van der Waals surface area contributed by atoms with E-state index in [1.54, 1.807) is 18.3 Å². The van der Waals surface area contributed by atoms with Crippen molar-refractivity contribution in [2.24, 2.45) is 5.92 Å². The summed E-state index contributed by atoms with van der Waals surface area (Å²) in [4.78, 5) is 32.1. The molecule has 1 aliphatic rings. The van der Waals surface area contributed by atoms with Crippen molar-refractivity contribution in [1.82, 2.24) is 20.2 Å². The van der Waals surface area contributed by atoms with Crippen LogP contribution in [0.1, 0.15) is 31.6 Å². The number of ether oxygens (including phenoxy) is 1. The first-order valence-corrected chi connectivity index (χ1v) is 10.6. The third kappa shape index (κ3) is 5.79. The SMILES string of the molecule is CC(CN1CCCC1c1ncc(-c2ccc(Br)c(OC(F)F)c2)[nH]1)C(C=O)NC(=O)O. The van der Waals surface area contributed by atoms with Gasteiger partial charge in [-0.05, 0) is 53.4 Å². The highest BCUT2D eigenvalue weighted by Crippen LogP contribution is 2.34. The van der Waals surface area contributed by atoms with Crippen LogP contribution in [0, 0.1) is 5.92 Å². The van der Waals surface area contributed by atoms with E-state index in [1.807, 2.05) is 6.92 Å². The molecule has 0 saturated carbocycles. The molecule has 1 fully saturated rings. The maximum Gasteiger partial charge on any atom is 0.405 e. The smallest absolute Gasteiger partial charge is 0.405 e. The number of rotatable bonds is 9. The lowest BCUT2D eigenvalue weighted by Gasteiger charge is -2.28. The van der Waals surface area contributed by atoms with Crippen molar-refractivity contribution in [1.29, 1.82) is 0 Å². The highest BCUT2D eigenvalue weighted by Gasteiger charge is 2.31. The van der Waals surface area contributed by atoms with Crippen molar-refractivity contribution in [3.05, 3.63) is 34.7 Å². The van der Waals surface area contributed by atoms with E-state index in [4.69, 9.17) is 5.11 Å². The van der Waals surface area contributed by atoms with Gasteiger partial charge in [-0.3, -0.25) is 4.90 Å². The number of likely N-dealkylation sites (tertiary alicyclic amines) is 1. The molecule has 11 heteroatoms. The molecule has 0 radical (unpaired) electrons. The Labute approximate surface area is 186 Å². The molecule has 1 aromatic heterocycles. The Morgan fingerprint density at radius 1 is 1.52 bits per heavy atom. The molecule has 0 aliphatic carbocycles. The minimum absolute atomic E-state index is 0.0134. The van der Waals surface area contributed by atoms with Gasteiger partial charge in [0.25, 0.3) is 0 Å². The molecule has 1 saturated heterocycles. The lowest BCUT2D eigenvalue weighted by molar-refractivity contribution is -0.110. The van der Waals surface area contributed by atoms with Crippen LogP contribution in [0.2, 0.25) is 0 Å². The van der Waals surface area contributed by atoms with E-state index in [1.165, 1.54) is 6.07 Å². The molecule has 1 aromatic carbocycles. The second kappa shape index (κ2) is 10.2. The quantitative estimate of drug-likeness (QED) is 0.448. The number of hydrogen-bond acceptors (Lipinski definition) is 5. The van der Waals surface area contributed by atoms with Gasteiger partial charge in [0.2, 0.25) is 0 Å². The topological polar surface area (TPSA) is 108 Å². The fourth-order valence-corrected chi connectivity index (χ4v) is 4.14. The number of halogens is 3. The van der Waals surface area contributed by atoms with Crippen molar-refractivity contribution in [2.75, 3.05) is 13.1 Å². The fourth-order valence-electron chi connectivity index (χ4n) is 3.80. The highest BCUT2D eigenvalue weighted by molar-refractivity contribution is 9.10. The molecule has 1 amide bonds. The third-order valence-corrected chi connectivity index (χ3v) is 5.96. The van der Waals surface area contributed by atoms with Crippen molar-refractivity contribution < 1.29 is 28.2 Å². The van der Waals surface area contributed by atoms with Crippen LogP contribution in [0.5, 0.6) is 5.75 Å². The van der Waals surface area contributed by atoms with Gasteiger partial charge in [0.05, 0.1) is 28.4 Å². The van der Waals surface area contributed by atoms with Crippen molar-refractivity contribution >= 4 is 28.3 Å². The fraction of sp³-hybridized carbons (Fsp3) is 0.450. The molecular weight excluding hydrogens is 478 g/mol. The molecule has 8 nitrogen and oxygen atoms in total. The van der Waals surface area contributed by atoms with E-state index in [0.717, 1.165) is 25.2 Å². The summed E-state index contributed by atoms with van der Waals surface area (Å²) in [6, 6.07) is 4.10. The predicted molar refractivity (Wildman–Crippen MR) is 112 cm³/mol. The van der Waals surface area contributed by atoms with Gasteiger partial charge in [-0.25, -0.2) is 9.78 Å². The van der Waals surface area contributed by atoms with Crippen LogP contribution in [0.3, 0.4) is 0 Å². The summed E-state index contributed by atoms with van der Waals surface area (Å²) in [6.07, 6.45) is 2.82. The Morgan fingerprint density at radius 3 is 2.97 bits per heavy atom. The van der Waals surface area contributed by atoms with Crippen LogP contribution in [0.15, 0.2) is 28.9 Å². The van der Waals surface area contributed by atoms with Gasteiger partial charge in [-0.2, -0.15) is 8.78 Å². The number of alkyl halides is 2. The number of amides is 1. The van der Waals surface area contributed by atoms with Gasteiger partial charge in [0.1, 0.15) is 17.9 Å². The first-order valence-electron chi connectivity index (χ1n) is 9.77. The number of imidazole rings is 1. The molecule has 1 aliphatic heterocycles. The largest absolute Gasteiger partial charge is 0.465 e. The van der Waals surface area contributed by atoms with Gasteiger partial charge < -0.3 is 24.9 Å². The number of hydrogen-bond donors (Lipinski definition) is 3. The summed E-state index contributed by atoms with van der Waals surface area (Å²) >= 11 is 3.20. The Balaban J connectivity index is 1.74. The van der Waals surface area contributed by atoms with Gasteiger partial charge in [0.15, 0.2) is 0 Å². The second-order valence-electron chi connectivity index (χ2n) is 7.45. The zero-order valence-electron chi connectivity index (χ0n) is 16.7. The molecule has 3 rings (SSSR count). The number of carbonyl (C=O) groups excluding carboxylic acids is 1. The molecule has 31 heavy (non-hydrogen) atoms. The summed E-state index contributed by atoms with van der Waals surface area (Å²) in [7, 11) is 0. The second-order valence-corrected chi connectivity index (χ2v) is 8.30. The van der Waals surface area contributed by atoms with E-state index in [-0.39, 0.29) is 17.7 Å². The van der Waals surface area contributed by atoms with E-state index in [9.17, 15) is 18.4 Å². The lowest BCUT2D eigenvalue weighted by Crippen LogP contribution is -2.44. The summed E-state index contributed by atoms with van der Waals surface area (Å²) in [5, 5.41) is 11.1. The van der Waals surface area contributed by atoms with Crippen LogP contribution in [0.25, 0.3) is 11.3 Å². The molecule has 3 atom stereocenters. The summed E-state index contributed by atoms with van der Waals surface area (Å²) in [6.45, 7) is 0.219.